The van der Waals surface area contributed by atoms with E-state index in [2.05, 4.69) is 5.32 Å². The number of carbonyl (C=O) groups is 1. The van der Waals surface area contributed by atoms with Gasteiger partial charge >= 0.3 is 12.2 Å². The second-order valence-corrected chi connectivity index (χ2v) is 5.31. The summed E-state index contributed by atoms with van der Waals surface area (Å²) in [5.74, 6) is 2.06. The van der Waals surface area contributed by atoms with E-state index < -0.39 is 6.29 Å². The number of hydrogen-bond acceptors (Lipinski definition) is 5. The van der Waals surface area contributed by atoms with Gasteiger partial charge in [0.05, 0.1) is 0 Å². The molecule has 23 heavy (non-hydrogen) atoms. The highest BCUT2D eigenvalue weighted by molar-refractivity contribution is 5.95. The summed E-state index contributed by atoms with van der Waals surface area (Å²) in [5.41, 5.74) is 1.51. The summed E-state index contributed by atoms with van der Waals surface area (Å²) < 4.78 is 22.1. The van der Waals surface area contributed by atoms with E-state index >= 15 is 0 Å². The molecule has 0 fully saturated rings. The number of fused-ring (bicyclic) bond motifs is 2. The molecule has 0 aliphatic carbocycles. The molecule has 0 radical (unpaired) electrons. The van der Waals surface area contributed by atoms with E-state index in [1.807, 2.05) is 25.1 Å². The molecule has 6 heteroatoms. The lowest BCUT2D eigenvalue weighted by atomic mass is 10.1. The van der Waals surface area contributed by atoms with Crippen LogP contribution in [0.15, 0.2) is 36.4 Å². The molecule has 2 aromatic rings. The number of amides is 1. The maximum atomic E-state index is 12.4. The Labute approximate surface area is 132 Å². The average molecular weight is 313 g/mol. The van der Waals surface area contributed by atoms with E-state index in [4.69, 9.17) is 18.9 Å². The van der Waals surface area contributed by atoms with E-state index in [-0.39, 0.29) is 5.91 Å². The van der Waals surface area contributed by atoms with Crippen molar-refractivity contribution < 1.29 is 23.7 Å². The van der Waals surface area contributed by atoms with Crippen molar-refractivity contribution in [3.63, 3.8) is 0 Å². The Morgan fingerprint density at radius 1 is 1.00 bits per heavy atom. The molecular weight excluding hydrogens is 298 g/mol. The van der Waals surface area contributed by atoms with Crippen LogP contribution in [0.5, 0.6) is 23.0 Å². The molecular formula is C17H15NO5. The van der Waals surface area contributed by atoms with Crippen LogP contribution in [0.25, 0.3) is 0 Å². The lowest BCUT2D eigenvalue weighted by Crippen LogP contribution is -2.34. The highest BCUT2D eigenvalue weighted by Gasteiger charge is 2.31. The van der Waals surface area contributed by atoms with Crippen molar-refractivity contribution in [3.8, 4) is 23.0 Å². The number of para-hydroxylation sites is 2. The van der Waals surface area contributed by atoms with Gasteiger partial charge in [0.1, 0.15) is 13.2 Å². The minimum absolute atomic E-state index is 0.374. The monoisotopic (exact) mass is 313 g/mol. The summed E-state index contributed by atoms with van der Waals surface area (Å²) in [6.07, 6.45) is -1.000. The zero-order chi connectivity index (χ0) is 15.8. The van der Waals surface area contributed by atoms with Gasteiger partial charge in [0, 0.05) is 11.8 Å². The number of nitrogens with one attached hydrogen (secondary N) is 1. The Hall–Kier alpha value is -2.89. The number of benzene rings is 2. The van der Waals surface area contributed by atoms with E-state index in [1.54, 1.807) is 18.2 Å². The second-order valence-electron chi connectivity index (χ2n) is 5.31. The molecule has 1 N–H and O–H groups in total. The van der Waals surface area contributed by atoms with E-state index in [9.17, 15) is 4.79 Å². The molecule has 4 rings (SSSR count). The maximum absolute atomic E-state index is 12.4. The summed E-state index contributed by atoms with van der Waals surface area (Å²) in [6.45, 7) is 2.91. The first-order chi connectivity index (χ1) is 11.2. The van der Waals surface area contributed by atoms with Crippen molar-refractivity contribution in [1.82, 2.24) is 0 Å². The largest absolute Gasteiger partial charge is 0.486 e. The van der Waals surface area contributed by atoms with Gasteiger partial charge in [-0.15, -0.1) is 0 Å². The first kappa shape index (κ1) is 13.8. The first-order valence-corrected chi connectivity index (χ1v) is 7.34. The van der Waals surface area contributed by atoms with E-state index in [1.165, 1.54) is 0 Å². The standard InChI is InChI=1S/C17H15NO5/c1-10-8-14-15(21-7-6-20-14)9-11(10)18-16(19)17-22-12-4-2-3-5-13(12)23-17/h2-5,8-9,17H,6-7H2,1H3,(H,18,19). The minimum atomic E-state index is -1.000. The predicted octanol–water partition coefficient (Wildman–Crippen LogP) is 2.50. The number of hydrogen-bond donors (Lipinski definition) is 1. The molecule has 118 valence electrons. The third-order valence-electron chi connectivity index (χ3n) is 3.68. The van der Waals surface area contributed by atoms with Crippen molar-refractivity contribution in [2.75, 3.05) is 18.5 Å². The molecule has 6 nitrogen and oxygen atoms in total. The Morgan fingerprint density at radius 2 is 1.61 bits per heavy atom. The highest BCUT2D eigenvalue weighted by atomic mass is 16.7. The number of rotatable bonds is 2. The van der Waals surface area contributed by atoms with Gasteiger partial charge in [-0.3, -0.25) is 4.79 Å². The molecule has 0 saturated heterocycles. The highest BCUT2D eigenvalue weighted by Crippen LogP contribution is 2.37. The molecule has 0 unspecified atom stereocenters. The van der Waals surface area contributed by atoms with Crippen molar-refractivity contribution in [1.29, 1.82) is 0 Å². The van der Waals surface area contributed by atoms with Crippen LogP contribution in [-0.4, -0.2) is 25.4 Å². The fourth-order valence-electron chi connectivity index (χ4n) is 2.52. The van der Waals surface area contributed by atoms with E-state index in [0.29, 0.717) is 41.9 Å². The molecule has 2 aliphatic heterocycles. The summed E-state index contributed by atoms with van der Waals surface area (Å²) in [6, 6.07) is 10.8. The van der Waals surface area contributed by atoms with Crippen molar-refractivity contribution in [2.45, 2.75) is 13.2 Å². The predicted molar refractivity (Wildman–Crippen MR) is 82.3 cm³/mol. The normalized spacial score (nSPS) is 15.3. The van der Waals surface area contributed by atoms with Gasteiger partial charge in [0.15, 0.2) is 23.0 Å². The van der Waals surface area contributed by atoms with Crippen LogP contribution in [0.4, 0.5) is 5.69 Å². The number of ether oxygens (including phenoxy) is 4. The average Bonchev–Trinajstić information content (AvgIpc) is 3.00. The Bertz CT molecular complexity index is 749. The smallest absolute Gasteiger partial charge is 0.322 e. The van der Waals surface area contributed by atoms with Crippen LogP contribution in [0, 0.1) is 6.92 Å². The third kappa shape index (κ3) is 2.52. The van der Waals surface area contributed by atoms with Crippen LogP contribution in [0.1, 0.15) is 5.56 Å². The molecule has 0 saturated carbocycles. The Kier molecular flexibility index (Phi) is 3.22. The summed E-state index contributed by atoms with van der Waals surface area (Å²) in [7, 11) is 0. The molecule has 0 spiro atoms. The lowest BCUT2D eigenvalue weighted by Gasteiger charge is -2.21. The minimum Gasteiger partial charge on any atom is -0.486 e. The third-order valence-corrected chi connectivity index (χ3v) is 3.68. The van der Waals surface area contributed by atoms with Gasteiger partial charge in [-0.1, -0.05) is 12.1 Å². The fraction of sp³-hybridized carbons (Fsp3) is 0.235. The van der Waals surface area contributed by atoms with Crippen LogP contribution in [0.3, 0.4) is 0 Å². The number of aryl methyl sites for hydroxylation is 1. The summed E-state index contributed by atoms with van der Waals surface area (Å²) in [5, 5.41) is 2.81. The molecule has 2 heterocycles. The van der Waals surface area contributed by atoms with Gasteiger partial charge in [0.2, 0.25) is 0 Å². The molecule has 2 aromatic carbocycles. The topological polar surface area (TPSA) is 66.0 Å². The number of carbonyl (C=O) groups excluding carboxylic acids is 1. The van der Waals surface area contributed by atoms with Crippen LogP contribution < -0.4 is 24.3 Å². The number of anilines is 1. The van der Waals surface area contributed by atoms with Gasteiger partial charge in [-0.2, -0.15) is 0 Å². The lowest BCUT2D eigenvalue weighted by molar-refractivity contribution is -0.131. The van der Waals surface area contributed by atoms with Crippen LogP contribution >= 0.6 is 0 Å². The van der Waals surface area contributed by atoms with Crippen molar-refractivity contribution >= 4 is 11.6 Å². The van der Waals surface area contributed by atoms with Crippen LogP contribution in [0.2, 0.25) is 0 Å². The Balaban J connectivity index is 1.51. The first-order valence-electron chi connectivity index (χ1n) is 7.34. The molecule has 1 amide bonds. The summed E-state index contributed by atoms with van der Waals surface area (Å²) in [4.78, 5) is 12.4. The van der Waals surface area contributed by atoms with Gasteiger partial charge in [-0.25, -0.2) is 0 Å². The zero-order valence-electron chi connectivity index (χ0n) is 12.5. The van der Waals surface area contributed by atoms with Crippen molar-refractivity contribution in [2.24, 2.45) is 0 Å². The molecule has 0 bridgehead atoms. The SMILES string of the molecule is Cc1cc2c(cc1NC(=O)C1Oc3ccccc3O1)OCCO2. The van der Waals surface area contributed by atoms with Gasteiger partial charge in [0.25, 0.3) is 0 Å². The van der Waals surface area contributed by atoms with Gasteiger partial charge < -0.3 is 24.3 Å². The second kappa shape index (κ2) is 5.39. The summed E-state index contributed by atoms with van der Waals surface area (Å²) >= 11 is 0. The molecule has 0 aromatic heterocycles. The van der Waals surface area contributed by atoms with E-state index in [0.717, 1.165) is 5.56 Å². The van der Waals surface area contributed by atoms with Gasteiger partial charge in [-0.05, 0) is 30.7 Å². The zero-order valence-corrected chi connectivity index (χ0v) is 12.5. The Morgan fingerprint density at radius 3 is 2.26 bits per heavy atom. The molecule has 0 atom stereocenters. The van der Waals surface area contributed by atoms with Crippen molar-refractivity contribution in [3.05, 3.63) is 42.0 Å². The fourth-order valence-corrected chi connectivity index (χ4v) is 2.52. The quantitative estimate of drug-likeness (QED) is 0.923. The molecule has 2 aliphatic rings. The van der Waals surface area contributed by atoms with Crippen LogP contribution in [-0.2, 0) is 4.79 Å². The maximum Gasteiger partial charge on any atom is 0.322 e.